The van der Waals surface area contributed by atoms with Gasteiger partial charge in [0.25, 0.3) is 0 Å². The average Bonchev–Trinajstić information content (AvgIpc) is 2.99. The number of halogens is 1. The van der Waals surface area contributed by atoms with Crippen molar-refractivity contribution in [1.82, 2.24) is 0 Å². The third-order valence-electron chi connectivity index (χ3n) is 3.13. The lowest BCUT2D eigenvalue weighted by molar-refractivity contribution is 0.239. The molecule has 1 fully saturated rings. The van der Waals surface area contributed by atoms with Crippen molar-refractivity contribution in [3.05, 3.63) is 28.8 Å². The van der Waals surface area contributed by atoms with E-state index in [1.54, 1.807) is 0 Å². The molecule has 0 radical (unpaired) electrons. The first-order valence-electron chi connectivity index (χ1n) is 5.68. The lowest BCUT2D eigenvalue weighted by Crippen LogP contribution is -2.21. The van der Waals surface area contributed by atoms with Gasteiger partial charge in [0.05, 0.1) is 16.6 Å². The summed E-state index contributed by atoms with van der Waals surface area (Å²) in [5, 5.41) is 0.654. The van der Waals surface area contributed by atoms with Crippen LogP contribution in [0.3, 0.4) is 0 Å². The molecular weight excluding hydrogens is 254 g/mol. The van der Waals surface area contributed by atoms with Crippen molar-refractivity contribution >= 4 is 28.8 Å². The fourth-order valence-electron chi connectivity index (χ4n) is 1.87. The summed E-state index contributed by atoms with van der Waals surface area (Å²) >= 11 is 11.0. The molecule has 0 aromatic heterocycles. The minimum atomic E-state index is 0.166. The molecule has 1 aliphatic rings. The molecule has 92 valence electrons. The van der Waals surface area contributed by atoms with Crippen molar-refractivity contribution < 1.29 is 4.74 Å². The number of benzene rings is 1. The van der Waals surface area contributed by atoms with Gasteiger partial charge in [-0.05, 0) is 37.5 Å². The average molecular weight is 270 g/mol. The van der Waals surface area contributed by atoms with E-state index in [0.717, 1.165) is 30.6 Å². The van der Waals surface area contributed by atoms with Crippen molar-refractivity contribution in [2.45, 2.75) is 26.2 Å². The van der Waals surface area contributed by atoms with Crippen molar-refractivity contribution in [2.75, 3.05) is 6.61 Å². The standard InChI is InChI=1S/C13H16ClNOS/c1-9-2-3-10(14)11(6-9)16-8-13(4-5-13)7-12(15)17/h2-3,6H,4-5,7-8H2,1H3,(H2,15,17). The second-order valence-corrected chi connectivity index (χ2v) is 5.80. The normalized spacial score (nSPS) is 16.6. The molecule has 1 aromatic carbocycles. The molecule has 0 unspecified atom stereocenters. The van der Waals surface area contributed by atoms with E-state index in [9.17, 15) is 0 Å². The van der Waals surface area contributed by atoms with Gasteiger partial charge >= 0.3 is 0 Å². The Morgan fingerprint density at radius 1 is 1.53 bits per heavy atom. The largest absolute Gasteiger partial charge is 0.491 e. The van der Waals surface area contributed by atoms with Crippen LogP contribution in [0.15, 0.2) is 18.2 Å². The van der Waals surface area contributed by atoms with Crippen molar-refractivity contribution in [2.24, 2.45) is 11.1 Å². The monoisotopic (exact) mass is 269 g/mol. The Balaban J connectivity index is 1.98. The zero-order valence-corrected chi connectivity index (χ0v) is 11.4. The van der Waals surface area contributed by atoms with Crippen LogP contribution in [0.25, 0.3) is 0 Å². The van der Waals surface area contributed by atoms with E-state index in [-0.39, 0.29) is 5.41 Å². The van der Waals surface area contributed by atoms with Gasteiger partial charge in [0.2, 0.25) is 0 Å². The zero-order valence-electron chi connectivity index (χ0n) is 9.83. The molecule has 2 nitrogen and oxygen atoms in total. The molecule has 0 aliphatic heterocycles. The third-order valence-corrected chi connectivity index (χ3v) is 3.58. The molecular formula is C13H16ClNOS. The van der Waals surface area contributed by atoms with Gasteiger partial charge in [-0.2, -0.15) is 0 Å². The summed E-state index contributed by atoms with van der Waals surface area (Å²) in [4.78, 5) is 0.571. The van der Waals surface area contributed by atoms with Crippen LogP contribution >= 0.6 is 23.8 Å². The van der Waals surface area contributed by atoms with E-state index < -0.39 is 0 Å². The molecule has 0 amide bonds. The number of ether oxygens (including phenoxy) is 1. The molecule has 0 bridgehead atoms. The van der Waals surface area contributed by atoms with Crippen LogP contribution in [-0.4, -0.2) is 11.6 Å². The van der Waals surface area contributed by atoms with E-state index in [4.69, 9.17) is 34.3 Å². The SMILES string of the molecule is Cc1ccc(Cl)c(OCC2(CC(N)=S)CC2)c1. The van der Waals surface area contributed by atoms with Crippen LogP contribution < -0.4 is 10.5 Å². The van der Waals surface area contributed by atoms with Crippen LogP contribution in [0.5, 0.6) is 5.75 Å². The summed E-state index contributed by atoms with van der Waals surface area (Å²) in [5.41, 5.74) is 6.90. The Kier molecular flexibility index (Phi) is 3.59. The highest BCUT2D eigenvalue weighted by Crippen LogP contribution is 2.49. The lowest BCUT2D eigenvalue weighted by atomic mass is 10.0. The lowest BCUT2D eigenvalue weighted by Gasteiger charge is -2.16. The molecule has 0 saturated heterocycles. The predicted molar refractivity (Wildman–Crippen MR) is 74.8 cm³/mol. The molecule has 2 rings (SSSR count). The second-order valence-electron chi connectivity index (χ2n) is 4.87. The molecule has 2 N–H and O–H groups in total. The van der Waals surface area contributed by atoms with Gasteiger partial charge in [-0.3, -0.25) is 0 Å². The highest BCUT2D eigenvalue weighted by Gasteiger charge is 2.43. The molecule has 4 heteroatoms. The number of hydrogen-bond donors (Lipinski definition) is 1. The van der Waals surface area contributed by atoms with Gasteiger partial charge < -0.3 is 10.5 Å². The Morgan fingerprint density at radius 3 is 2.82 bits per heavy atom. The summed E-state index contributed by atoms with van der Waals surface area (Å²) in [5.74, 6) is 0.751. The Morgan fingerprint density at radius 2 is 2.24 bits per heavy atom. The number of thiocarbonyl (C=S) groups is 1. The summed E-state index contributed by atoms with van der Waals surface area (Å²) < 4.78 is 5.80. The maximum absolute atomic E-state index is 6.08. The fourth-order valence-corrected chi connectivity index (χ4v) is 2.35. The van der Waals surface area contributed by atoms with Crippen LogP contribution in [0.4, 0.5) is 0 Å². The summed E-state index contributed by atoms with van der Waals surface area (Å²) in [6.45, 7) is 2.67. The maximum atomic E-state index is 6.08. The van der Waals surface area contributed by atoms with Gasteiger partial charge in [-0.25, -0.2) is 0 Å². The summed E-state index contributed by atoms with van der Waals surface area (Å²) in [6, 6.07) is 5.79. The van der Waals surface area contributed by atoms with Crippen LogP contribution in [-0.2, 0) is 0 Å². The summed E-state index contributed by atoms with van der Waals surface area (Å²) in [7, 11) is 0. The van der Waals surface area contributed by atoms with Gasteiger partial charge in [-0.1, -0.05) is 29.9 Å². The molecule has 0 spiro atoms. The summed E-state index contributed by atoms with van der Waals surface area (Å²) in [6.07, 6.45) is 3.04. The highest BCUT2D eigenvalue weighted by atomic mass is 35.5. The van der Waals surface area contributed by atoms with Crippen LogP contribution in [0.1, 0.15) is 24.8 Å². The van der Waals surface area contributed by atoms with Crippen LogP contribution in [0, 0.1) is 12.3 Å². The van der Waals surface area contributed by atoms with Crippen molar-refractivity contribution in [3.8, 4) is 5.75 Å². The van der Waals surface area contributed by atoms with Crippen LogP contribution in [0.2, 0.25) is 5.02 Å². The number of nitrogens with two attached hydrogens (primary N) is 1. The molecule has 1 saturated carbocycles. The number of rotatable bonds is 5. The molecule has 1 aliphatic carbocycles. The quantitative estimate of drug-likeness (QED) is 0.831. The zero-order chi connectivity index (χ0) is 12.5. The Hall–Kier alpha value is -0.800. The minimum absolute atomic E-state index is 0.166. The minimum Gasteiger partial charge on any atom is -0.491 e. The molecule has 0 heterocycles. The van der Waals surface area contributed by atoms with Gasteiger partial charge in [0.15, 0.2) is 0 Å². The van der Waals surface area contributed by atoms with E-state index in [1.807, 2.05) is 25.1 Å². The Labute approximate surface area is 112 Å². The van der Waals surface area contributed by atoms with E-state index in [1.165, 1.54) is 0 Å². The van der Waals surface area contributed by atoms with E-state index in [0.29, 0.717) is 16.6 Å². The number of aryl methyl sites for hydroxylation is 1. The van der Waals surface area contributed by atoms with Crippen molar-refractivity contribution in [1.29, 1.82) is 0 Å². The van der Waals surface area contributed by atoms with Crippen molar-refractivity contribution in [3.63, 3.8) is 0 Å². The first-order chi connectivity index (χ1) is 8.01. The maximum Gasteiger partial charge on any atom is 0.138 e. The number of hydrogen-bond acceptors (Lipinski definition) is 2. The van der Waals surface area contributed by atoms with Gasteiger partial charge in [0, 0.05) is 11.8 Å². The van der Waals surface area contributed by atoms with Gasteiger partial charge in [0.1, 0.15) is 5.75 Å². The molecule has 17 heavy (non-hydrogen) atoms. The fraction of sp³-hybridized carbons (Fsp3) is 0.462. The Bertz CT molecular complexity index is 443. The second kappa shape index (κ2) is 4.83. The predicted octanol–water partition coefficient (Wildman–Crippen LogP) is 3.48. The topological polar surface area (TPSA) is 35.2 Å². The van der Waals surface area contributed by atoms with Gasteiger partial charge in [-0.15, -0.1) is 0 Å². The first-order valence-corrected chi connectivity index (χ1v) is 6.47. The first kappa shape index (κ1) is 12.7. The van der Waals surface area contributed by atoms with E-state index in [2.05, 4.69) is 0 Å². The smallest absolute Gasteiger partial charge is 0.138 e. The molecule has 1 aromatic rings. The third kappa shape index (κ3) is 3.33. The molecule has 0 atom stereocenters. The highest BCUT2D eigenvalue weighted by molar-refractivity contribution is 7.80. The van der Waals surface area contributed by atoms with E-state index >= 15 is 0 Å².